The summed E-state index contributed by atoms with van der Waals surface area (Å²) in [7, 11) is 3.27. The van der Waals surface area contributed by atoms with Gasteiger partial charge in [0.1, 0.15) is 0 Å². The molecule has 5 heteroatoms. The van der Waals surface area contributed by atoms with Crippen LogP contribution in [0.25, 0.3) is 0 Å². The van der Waals surface area contributed by atoms with E-state index in [0.717, 1.165) is 23.5 Å². The molecule has 2 aromatic rings. The lowest BCUT2D eigenvalue weighted by Gasteiger charge is -2.11. The number of halogens is 2. The van der Waals surface area contributed by atoms with Crippen molar-refractivity contribution in [3.05, 3.63) is 43.7 Å². The Morgan fingerprint density at radius 2 is 1.95 bits per heavy atom. The number of hydrogen-bond acceptors (Lipinski definition) is 3. The molecule has 0 bridgehead atoms. The smallest absolute Gasteiger partial charge is 0.160 e. The molecule has 0 aliphatic rings. The summed E-state index contributed by atoms with van der Waals surface area (Å²) in [5.41, 5.74) is 2.31. The Morgan fingerprint density at radius 3 is 2.53 bits per heavy atom. The van der Waals surface area contributed by atoms with E-state index in [1.807, 2.05) is 18.2 Å². The Labute approximate surface area is 135 Å². The van der Waals surface area contributed by atoms with Gasteiger partial charge in [-0.3, -0.25) is 0 Å². The third kappa shape index (κ3) is 3.77. The second kappa shape index (κ2) is 6.81. The van der Waals surface area contributed by atoms with E-state index in [4.69, 9.17) is 21.1 Å². The maximum atomic E-state index is 6.45. The highest BCUT2D eigenvalue weighted by atomic mass is 127. The van der Waals surface area contributed by atoms with Gasteiger partial charge in [0.05, 0.1) is 22.5 Å². The van der Waals surface area contributed by atoms with Gasteiger partial charge < -0.3 is 9.47 Å². The van der Waals surface area contributed by atoms with Gasteiger partial charge in [-0.25, -0.2) is 0 Å². The maximum absolute atomic E-state index is 6.45. The van der Waals surface area contributed by atoms with Crippen LogP contribution in [0.4, 0.5) is 0 Å². The first kappa shape index (κ1) is 14.9. The van der Waals surface area contributed by atoms with E-state index < -0.39 is 0 Å². The summed E-state index contributed by atoms with van der Waals surface area (Å²) in [6.07, 6.45) is 0.773. The van der Waals surface area contributed by atoms with Crippen molar-refractivity contribution in [2.45, 2.75) is 11.8 Å². The number of benzene rings is 1. The largest absolute Gasteiger partial charge is 0.493 e. The molecule has 1 unspecified atom stereocenters. The molecule has 0 radical (unpaired) electrons. The van der Waals surface area contributed by atoms with Crippen LogP contribution in [0.1, 0.15) is 16.5 Å². The molecule has 2 rings (SSSR count). The zero-order valence-corrected chi connectivity index (χ0v) is 14.4. The molecular formula is C14H14ClIO2S. The molecule has 102 valence electrons. The Hall–Kier alpha value is -0.460. The fourth-order valence-electron chi connectivity index (χ4n) is 1.82. The standard InChI is InChI=1S/C14H14ClIO2S/c1-17-12-4-3-9(6-13(12)18-2)5-11(15)10-7-14(16)19-8-10/h3-4,6-8,11H,5H2,1-2H3. The van der Waals surface area contributed by atoms with Gasteiger partial charge in [-0.05, 0) is 63.7 Å². The summed E-state index contributed by atoms with van der Waals surface area (Å²) in [5.74, 6) is 1.48. The first-order valence-corrected chi connectivity index (χ1v) is 8.12. The lowest BCUT2D eigenvalue weighted by atomic mass is 10.1. The van der Waals surface area contributed by atoms with Crippen LogP contribution in [0.3, 0.4) is 0 Å². The minimum absolute atomic E-state index is 0.0159. The molecule has 0 fully saturated rings. The Bertz CT molecular complexity index is 556. The van der Waals surface area contributed by atoms with E-state index >= 15 is 0 Å². The summed E-state index contributed by atoms with van der Waals surface area (Å²) >= 11 is 10.5. The Morgan fingerprint density at radius 1 is 1.21 bits per heavy atom. The van der Waals surface area contributed by atoms with Crippen LogP contribution in [-0.4, -0.2) is 14.2 Å². The van der Waals surface area contributed by atoms with Gasteiger partial charge in [0.15, 0.2) is 11.5 Å². The monoisotopic (exact) mass is 408 g/mol. The molecule has 0 aliphatic carbocycles. The van der Waals surface area contributed by atoms with Gasteiger partial charge in [0.25, 0.3) is 0 Å². The molecule has 0 amide bonds. The quantitative estimate of drug-likeness (QED) is 0.518. The highest BCUT2D eigenvalue weighted by Gasteiger charge is 2.12. The van der Waals surface area contributed by atoms with E-state index in [-0.39, 0.29) is 5.38 Å². The number of ether oxygens (including phenoxy) is 2. The zero-order chi connectivity index (χ0) is 13.8. The number of hydrogen-bond donors (Lipinski definition) is 0. The molecular weight excluding hydrogens is 395 g/mol. The van der Waals surface area contributed by atoms with Crippen molar-refractivity contribution < 1.29 is 9.47 Å². The van der Waals surface area contributed by atoms with Crippen molar-refractivity contribution in [1.82, 2.24) is 0 Å². The molecule has 0 aliphatic heterocycles. The van der Waals surface area contributed by atoms with Crippen LogP contribution in [0, 0.1) is 2.88 Å². The molecule has 1 atom stereocenters. The minimum atomic E-state index is -0.0159. The maximum Gasteiger partial charge on any atom is 0.160 e. The SMILES string of the molecule is COc1ccc(CC(Cl)c2csc(I)c2)cc1OC. The second-order valence-electron chi connectivity index (χ2n) is 4.05. The molecule has 0 saturated heterocycles. The Balaban J connectivity index is 2.14. The van der Waals surface area contributed by atoms with Crippen LogP contribution in [0.15, 0.2) is 29.6 Å². The molecule has 19 heavy (non-hydrogen) atoms. The summed E-state index contributed by atoms with van der Waals surface area (Å²) in [6.45, 7) is 0. The van der Waals surface area contributed by atoms with E-state index in [1.54, 1.807) is 25.6 Å². The van der Waals surface area contributed by atoms with Gasteiger partial charge in [-0.15, -0.1) is 22.9 Å². The van der Waals surface area contributed by atoms with Gasteiger partial charge in [-0.1, -0.05) is 6.07 Å². The fourth-order valence-corrected chi connectivity index (χ4v) is 3.62. The van der Waals surface area contributed by atoms with E-state index in [9.17, 15) is 0 Å². The van der Waals surface area contributed by atoms with Crippen molar-refractivity contribution in [3.8, 4) is 11.5 Å². The van der Waals surface area contributed by atoms with Gasteiger partial charge in [-0.2, -0.15) is 0 Å². The van der Waals surface area contributed by atoms with Crippen molar-refractivity contribution in [3.63, 3.8) is 0 Å². The predicted molar refractivity (Wildman–Crippen MR) is 88.9 cm³/mol. The molecule has 2 nitrogen and oxygen atoms in total. The number of rotatable bonds is 5. The fraction of sp³-hybridized carbons (Fsp3) is 0.286. The predicted octanol–water partition coefficient (Wildman–Crippen LogP) is 4.89. The van der Waals surface area contributed by atoms with E-state index in [0.29, 0.717) is 0 Å². The normalized spacial score (nSPS) is 12.2. The third-order valence-electron chi connectivity index (χ3n) is 2.81. The van der Waals surface area contributed by atoms with Crippen LogP contribution in [0.5, 0.6) is 11.5 Å². The van der Waals surface area contributed by atoms with Crippen LogP contribution < -0.4 is 9.47 Å². The minimum Gasteiger partial charge on any atom is -0.493 e. The molecule has 0 N–H and O–H groups in total. The Kier molecular flexibility index (Phi) is 5.36. The van der Waals surface area contributed by atoms with Crippen molar-refractivity contribution in [2.75, 3.05) is 14.2 Å². The third-order valence-corrected chi connectivity index (χ3v) is 5.03. The number of alkyl halides is 1. The second-order valence-corrected chi connectivity index (χ2v) is 7.38. The number of methoxy groups -OCH3 is 2. The van der Waals surface area contributed by atoms with Gasteiger partial charge in [0.2, 0.25) is 0 Å². The average Bonchev–Trinajstić information content (AvgIpc) is 2.85. The van der Waals surface area contributed by atoms with E-state index in [2.05, 4.69) is 34.0 Å². The first-order chi connectivity index (χ1) is 9.13. The highest BCUT2D eigenvalue weighted by Crippen LogP contribution is 2.33. The lowest BCUT2D eigenvalue weighted by Crippen LogP contribution is -1.97. The summed E-state index contributed by atoms with van der Waals surface area (Å²) in [4.78, 5) is 0. The molecule has 0 spiro atoms. The zero-order valence-electron chi connectivity index (χ0n) is 10.7. The molecule has 1 heterocycles. The van der Waals surface area contributed by atoms with Gasteiger partial charge in [0, 0.05) is 0 Å². The number of thiophene rings is 1. The van der Waals surface area contributed by atoms with Crippen LogP contribution in [0.2, 0.25) is 0 Å². The van der Waals surface area contributed by atoms with Crippen molar-refractivity contribution in [1.29, 1.82) is 0 Å². The summed E-state index contributed by atoms with van der Waals surface area (Å²) < 4.78 is 11.8. The average molecular weight is 409 g/mol. The molecule has 0 saturated carbocycles. The molecule has 1 aromatic carbocycles. The van der Waals surface area contributed by atoms with Gasteiger partial charge >= 0.3 is 0 Å². The summed E-state index contributed by atoms with van der Waals surface area (Å²) in [5, 5.41) is 2.10. The highest BCUT2D eigenvalue weighted by molar-refractivity contribution is 14.1. The van der Waals surface area contributed by atoms with Crippen LogP contribution >= 0.6 is 45.5 Å². The first-order valence-electron chi connectivity index (χ1n) is 5.73. The van der Waals surface area contributed by atoms with E-state index in [1.165, 1.54) is 8.45 Å². The summed E-state index contributed by atoms with van der Waals surface area (Å²) in [6, 6.07) is 8.04. The molecule has 1 aromatic heterocycles. The van der Waals surface area contributed by atoms with Crippen molar-refractivity contribution >= 4 is 45.5 Å². The van der Waals surface area contributed by atoms with Crippen molar-refractivity contribution in [2.24, 2.45) is 0 Å². The lowest BCUT2D eigenvalue weighted by molar-refractivity contribution is 0.354. The van der Waals surface area contributed by atoms with Crippen LogP contribution in [-0.2, 0) is 6.42 Å². The topological polar surface area (TPSA) is 18.5 Å².